The first-order valence-corrected chi connectivity index (χ1v) is 11.1. The zero-order valence-corrected chi connectivity index (χ0v) is 18.4. The van der Waals surface area contributed by atoms with E-state index in [0.717, 1.165) is 6.42 Å². The van der Waals surface area contributed by atoms with E-state index in [9.17, 15) is 18.9 Å². The molecule has 5 rings (SSSR count). The van der Waals surface area contributed by atoms with E-state index in [1.54, 1.807) is 53.2 Å². The van der Waals surface area contributed by atoms with Crippen LogP contribution in [0.3, 0.4) is 0 Å². The Hall–Kier alpha value is -3.39. The van der Waals surface area contributed by atoms with Crippen LogP contribution in [0.15, 0.2) is 54.7 Å². The number of fused-ring (bicyclic) bond motifs is 2. The van der Waals surface area contributed by atoms with Crippen molar-refractivity contribution in [2.75, 3.05) is 0 Å². The van der Waals surface area contributed by atoms with E-state index in [2.05, 4.69) is 0 Å². The molecular weight excluding hydrogens is 447 g/mol. The monoisotopic (exact) mass is 468 g/mol. The third-order valence-corrected chi connectivity index (χ3v) is 6.72. The van der Waals surface area contributed by atoms with Crippen molar-refractivity contribution in [2.24, 2.45) is 11.7 Å². The summed E-state index contributed by atoms with van der Waals surface area (Å²) in [5, 5.41) is 1.28. The van der Waals surface area contributed by atoms with Gasteiger partial charge in [-0.3, -0.25) is 14.4 Å². The van der Waals surface area contributed by atoms with E-state index < -0.39 is 17.9 Å². The average molecular weight is 469 g/mol. The minimum atomic E-state index is -0.845. The van der Waals surface area contributed by atoms with Gasteiger partial charge in [0, 0.05) is 28.2 Å². The van der Waals surface area contributed by atoms with Gasteiger partial charge in [-0.15, -0.1) is 0 Å². The first-order chi connectivity index (χ1) is 15.8. The number of hydrogen-bond acceptors (Lipinski definition) is 3. The van der Waals surface area contributed by atoms with Gasteiger partial charge in [-0.2, -0.15) is 5.12 Å². The van der Waals surface area contributed by atoms with E-state index >= 15 is 0 Å². The molecule has 0 bridgehead atoms. The van der Waals surface area contributed by atoms with Crippen LogP contribution in [0.4, 0.5) is 4.48 Å². The fraction of sp³-hybridized carbons (Fsp3) is 0.292. The van der Waals surface area contributed by atoms with Gasteiger partial charge in [0.2, 0.25) is 5.91 Å². The molecule has 2 aromatic carbocycles. The number of primary amides is 1. The topological polar surface area (TPSA) is 88.6 Å². The molecule has 1 aromatic heterocycles. The van der Waals surface area contributed by atoms with Gasteiger partial charge in [-0.05, 0) is 42.5 Å². The van der Waals surface area contributed by atoms with E-state index in [4.69, 9.17) is 17.3 Å². The van der Waals surface area contributed by atoms with Gasteiger partial charge in [0.15, 0.2) is 0 Å². The minimum absolute atomic E-state index is 0.0524. The van der Waals surface area contributed by atoms with Gasteiger partial charge < -0.3 is 15.2 Å². The van der Waals surface area contributed by atoms with Crippen LogP contribution >= 0.6 is 11.6 Å². The second-order valence-electron chi connectivity index (χ2n) is 8.66. The SMILES string of the molecule is NC(=O)c1cn(CC(=O)N2[C@@H]3C[C@@H]3C[C@H]2C(=O)N(F)Cc2cccc(Cl)c2)c2ccccc12. The van der Waals surface area contributed by atoms with Crippen molar-refractivity contribution < 1.29 is 18.9 Å². The van der Waals surface area contributed by atoms with Crippen LogP contribution in [0.1, 0.15) is 28.8 Å². The largest absolute Gasteiger partial charge is 0.366 e. The Morgan fingerprint density at radius 2 is 1.91 bits per heavy atom. The number of likely N-dealkylation sites (tertiary alicyclic amines) is 1. The van der Waals surface area contributed by atoms with Crippen molar-refractivity contribution in [3.05, 3.63) is 70.9 Å². The highest BCUT2D eigenvalue weighted by Crippen LogP contribution is 2.48. The minimum Gasteiger partial charge on any atom is -0.366 e. The number of carbonyl (C=O) groups is 3. The summed E-state index contributed by atoms with van der Waals surface area (Å²) in [6.07, 6.45) is 2.82. The summed E-state index contributed by atoms with van der Waals surface area (Å²) in [5.41, 5.74) is 7.09. The molecule has 3 atom stereocenters. The molecule has 170 valence electrons. The van der Waals surface area contributed by atoms with Gasteiger partial charge in [0.1, 0.15) is 12.6 Å². The van der Waals surface area contributed by atoms with Gasteiger partial charge in [-0.1, -0.05) is 46.4 Å². The summed E-state index contributed by atoms with van der Waals surface area (Å²) in [6.45, 7) is -0.307. The van der Waals surface area contributed by atoms with E-state index in [1.807, 2.05) is 6.07 Å². The molecule has 0 unspecified atom stereocenters. The Morgan fingerprint density at radius 1 is 1.12 bits per heavy atom. The van der Waals surface area contributed by atoms with Crippen LogP contribution in [-0.4, -0.2) is 44.4 Å². The van der Waals surface area contributed by atoms with Crippen LogP contribution in [0, 0.1) is 5.92 Å². The van der Waals surface area contributed by atoms with Gasteiger partial charge in [0.25, 0.3) is 11.8 Å². The van der Waals surface area contributed by atoms with Crippen LogP contribution in [-0.2, 0) is 22.7 Å². The summed E-state index contributed by atoms with van der Waals surface area (Å²) in [4.78, 5) is 39.6. The second-order valence-corrected chi connectivity index (χ2v) is 9.09. The Balaban J connectivity index is 1.35. The van der Waals surface area contributed by atoms with Crippen LogP contribution in [0.2, 0.25) is 5.02 Å². The van der Waals surface area contributed by atoms with Crippen molar-refractivity contribution in [1.82, 2.24) is 14.6 Å². The molecule has 2 fully saturated rings. The van der Waals surface area contributed by atoms with Crippen LogP contribution in [0.25, 0.3) is 10.9 Å². The molecule has 3 amide bonds. The third kappa shape index (κ3) is 3.95. The second kappa shape index (κ2) is 8.19. The quantitative estimate of drug-likeness (QED) is 0.563. The van der Waals surface area contributed by atoms with E-state index in [0.29, 0.717) is 33.5 Å². The predicted octanol–water partition coefficient (Wildman–Crippen LogP) is 3.30. The Labute approximate surface area is 194 Å². The molecule has 1 saturated carbocycles. The number of nitrogens with zero attached hydrogens (tertiary/aromatic N) is 3. The van der Waals surface area contributed by atoms with E-state index in [-0.39, 0.29) is 36.1 Å². The van der Waals surface area contributed by atoms with Crippen molar-refractivity contribution in [3.8, 4) is 0 Å². The molecule has 1 saturated heterocycles. The zero-order valence-electron chi connectivity index (χ0n) is 17.7. The van der Waals surface area contributed by atoms with Crippen molar-refractivity contribution in [1.29, 1.82) is 0 Å². The zero-order chi connectivity index (χ0) is 23.3. The predicted molar refractivity (Wildman–Crippen MR) is 121 cm³/mol. The molecule has 2 N–H and O–H groups in total. The Bertz CT molecular complexity index is 1280. The van der Waals surface area contributed by atoms with Gasteiger partial charge >= 0.3 is 0 Å². The van der Waals surface area contributed by atoms with Crippen molar-refractivity contribution in [3.63, 3.8) is 0 Å². The molecule has 0 spiro atoms. The summed E-state index contributed by atoms with van der Waals surface area (Å²) in [5.74, 6) is -1.38. The number of piperidine rings is 1. The Kier molecular flexibility index (Phi) is 5.32. The fourth-order valence-corrected chi connectivity index (χ4v) is 5.09. The third-order valence-electron chi connectivity index (χ3n) is 6.49. The van der Waals surface area contributed by atoms with E-state index in [1.165, 1.54) is 4.90 Å². The van der Waals surface area contributed by atoms with Crippen molar-refractivity contribution >= 4 is 40.2 Å². The van der Waals surface area contributed by atoms with Gasteiger partial charge in [-0.25, -0.2) is 0 Å². The number of hydrogen-bond donors (Lipinski definition) is 1. The maximum absolute atomic E-state index is 14.8. The maximum Gasteiger partial charge on any atom is 0.273 e. The number of carbonyl (C=O) groups excluding carboxylic acids is 3. The number of rotatable bonds is 6. The standard InChI is InChI=1S/C24H22ClFN4O3/c25-16-5-3-4-14(8-16)11-29(26)24(33)21-10-15-9-20(15)30(21)22(31)13-28-12-18(23(27)32)17-6-1-2-7-19(17)28/h1-8,12,15,20-21H,9-11,13H2,(H2,27,32)/t15-,20-,21+/m1/s1. The number of nitrogens with two attached hydrogens (primary N) is 1. The first kappa shape index (κ1) is 21.5. The highest BCUT2D eigenvalue weighted by Gasteiger charge is 2.56. The lowest BCUT2D eigenvalue weighted by Gasteiger charge is -2.28. The fourth-order valence-electron chi connectivity index (χ4n) is 4.87. The maximum atomic E-state index is 14.8. The number of halogens is 2. The molecule has 1 aliphatic heterocycles. The van der Waals surface area contributed by atoms with Gasteiger partial charge in [0.05, 0.1) is 12.1 Å². The molecule has 2 heterocycles. The molecule has 9 heteroatoms. The summed E-state index contributed by atoms with van der Waals surface area (Å²) < 4.78 is 16.5. The van der Waals surface area contributed by atoms with Crippen molar-refractivity contribution in [2.45, 2.75) is 38.0 Å². The highest BCUT2D eigenvalue weighted by molar-refractivity contribution is 6.30. The normalized spacial score (nSPS) is 21.2. The lowest BCUT2D eigenvalue weighted by Crippen LogP contribution is -2.48. The van der Waals surface area contributed by atoms with Crippen LogP contribution in [0.5, 0.6) is 0 Å². The number of aromatic nitrogens is 1. The molecule has 33 heavy (non-hydrogen) atoms. The average Bonchev–Trinajstić information content (AvgIpc) is 3.29. The lowest BCUT2D eigenvalue weighted by atomic mass is 10.1. The first-order valence-electron chi connectivity index (χ1n) is 10.7. The Morgan fingerprint density at radius 3 is 2.67 bits per heavy atom. The molecule has 1 aliphatic carbocycles. The molecule has 2 aliphatic rings. The summed E-state index contributed by atoms with van der Waals surface area (Å²) >= 11 is 5.95. The number of para-hydroxylation sites is 1. The smallest absolute Gasteiger partial charge is 0.273 e. The molecule has 3 aromatic rings. The summed E-state index contributed by atoms with van der Waals surface area (Å²) in [6, 6.07) is 12.9. The number of benzene rings is 2. The van der Waals surface area contributed by atoms with Crippen LogP contribution < -0.4 is 5.73 Å². The highest BCUT2D eigenvalue weighted by atomic mass is 35.5. The number of amides is 3. The molecular formula is C24H22ClFN4O3. The molecule has 0 radical (unpaired) electrons. The summed E-state index contributed by atoms with van der Waals surface area (Å²) in [7, 11) is 0. The lowest BCUT2D eigenvalue weighted by molar-refractivity contribution is -0.157. The molecule has 7 nitrogen and oxygen atoms in total.